The van der Waals surface area contributed by atoms with Crippen molar-refractivity contribution in [3.05, 3.63) is 35.5 Å². The molecule has 7 nitrogen and oxygen atoms in total. The van der Waals surface area contributed by atoms with E-state index in [4.69, 9.17) is 18.9 Å². The van der Waals surface area contributed by atoms with Gasteiger partial charge in [0.05, 0.1) is 12.7 Å². The topological polar surface area (TPSA) is 91.3 Å². The zero-order chi connectivity index (χ0) is 30.0. The minimum absolute atomic E-state index is 0.0374. The third-order valence-corrected chi connectivity index (χ3v) is 12.2. The van der Waals surface area contributed by atoms with Crippen molar-refractivity contribution in [2.24, 2.45) is 46.3 Å². The van der Waals surface area contributed by atoms with Gasteiger partial charge in [-0.1, -0.05) is 77.0 Å². The SMILES string of the molecule is CC(C)C(C)C=CC(C)C1CC2C3=CC=C4CC(OC5OCC(O)C6OC(=O)C(=O)OC56)CCC4(C)C3CCC2(C)C1. The van der Waals surface area contributed by atoms with Crippen LogP contribution < -0.4 is 0 Å². The Bertz CT molecular complexity index is 1170. The van der Waals surface area contributed by atoms with Gasteiger partial charge in [-0.2, -0.15) is 0 Å². The molecule has 2 aliphatic heterocycles. The molecule has 12 unspecified atom stereocenters. The predicted molar refractivity (Wildman–Crippen MR) is 158 cm³/mol. The average molecular weight is 583 g/mol. The molecule has 5 fully saturated rings. The van der Waals surface area contributed by atoms with E-state index in [9.17, 15) is 14.7 Å². The highest BCUT2D eigenvalue weighted by molar-refractivity contribution is 6.30. The fraction of sp³-hybridized carbons (Fsp3) is 0.771. The minimum Gasteiger partial charge on any atom is -0.447 e. The molecule has 7 heteroatoms. The van der Waals surface area contributed by atoms with Gasteiger partial charge in [0, 0.05) is 0 Å². The van der Waals surface area contributed by atoms with E-state index in [-0.39, 0.29) is 18.1 Å². The van der Waals surface area contributed by atoms with E-state index in [1.807, 2.05) is 0 Å². The summed E-state index contributed by atoms with van der Waals surface area (Å²) in [5.74, 6) is 1.73. The van der Waals surface area contributed by atoms with Gasteiger partial charge in [-0.15, -0.1) is 0 Å². The number of aliphatic hydroxyl groups is 1. The summed E-state index contributed by atoms with van der Waals surface area (Å²) in [5, 5.41) is 10.3. The maximum absolute atomic E-state index is 11.9. The average Bonchev–Trinajstić information content (AvgIpc) is 3.32. The van der Waals surface area contributed by atoms with Crippen LogP contribution in [0.4, 0.5) is 0 Å². The molecule has 0 spiro atoms. The molecule has 2 heterocycles. The van der Waals surface area contributed by atoms with Crippen LogP contribution in [-0.2, 0) is 28.5 Å². The zero-order valence-electron chi connectivity index (χ0n) is 26.2. The van der Waals surface area contributed by atoms with Crippen molar-refractivity contribution in [2.75, 3.05) is 6.61 Å². The third-order valence-electron chi connectivity index (χ3n) is 12.2. The molecular formula is C35H50O7. The number of carbonyl (C=O) groups is 2. The highest BCUT2D eigenvalue weighted by Crippen LogP contribution is 2.65. The Balaban J connectivity index is 1.15. The van der Waals surface area contributed by atoms with Crippen LogP contribution in [0.2, 0.25) is 0 Å². The number of aliphatic hydroxyl groups excluding tert-OH is 1. The van der Waals surface area contributed by atoms with Gasteiger partial charge >= 0.3 is 11.9 Å². The molecule has 0 aromatic rings. The molecule has 0 bridgehead atoms. The molecule has 42 heavy (non-hydrogen) atoms. The number of ether oxygens (including phenoxy) is 4. The number of allylic oxidation sites excluding steroid dienone is 5. The van der Waals surface area contributed by atoms with Crippen LogP contribution in [0.3, 0.4) is 0 Å². The lowest BCUT2D eigenvalue weighted by Gasteiger charge is -2.54. The summed E-state index contributed by atoms with van der Waals surface area (Å²) in [6, 6.07) is 0. The van der Waals surface area contributed by atoms with Crippen LogP contribution in [0.5, 0.6) is 0 Å². The van der Waals surface area contributed by atoms with E-state index in [2.05, 4.69) is 65.8 Å². The maximum Gasteiger partial charge on any atom is 0.418 e. The van der Waals surface area contributed by atoms with Crippen molar-refractivity contribution in [3.8, 4) is 0 Å². The summed E-state index contributed by atoms with van der Waals surface area (Å²) >= 11 is 0. The van der Waals surface area contributed by atoms with Crippen molar-refractivity contribution in [1.82, 2.24) is 0 Å². The number of hydrogen-bond donors (Lipinski definition) is 1. The van der Waals surface area contributed by atoms with Gasteiger partial charge in [-0.05, 0) is 91.3 Å². The molecule has 12 atom stereocenters. The highest BCUT2D eigenvalue weighted by Gasteiger charge is 2.56. The first-order valence-corrected chi connectivity index (χ1v) is 16.4. The van der Waals surface area contributed by atoms with Crippen LogP contribution in [0.1, 0.15) is 86.5 Å². The quantitative estimate of drug-likeness (QED) is 0.237. The molecule has 4 aliphatic carbocycles. The molecule has 3 saturated carbocycles. The molecule has 232 valence electrons. The van der Waals surface area contributed by atoms with E-state index in [0.29, 0.717) is 35.0 Å². The zero-order valence-corrected chi connectivity index (χ0v) is 26.2. The van der Waals surface area contributed by atoms with Gasteiger partial charge in [-0.25, -0.2) is 9.59 Å². The Labute approximate surface area is 251 Å². The first-order valence-electron chi connectivity index (χ1n) is 16.4. The van der Waals surface area contributed by atoms with E-state index >= 15 is 0 Å². The second-order valence-electron chi connectivity index (χ2n) is 15.1. The van der Waals surface area contributed by atoms with Gasteiger partial charge in [-0.3, -0.25) is 0 Å². The predicted octanol–water partition coefficient (Wildman–Crippen LogP) is 5.91. The number of esters is 2. The minimum atomic E-state index is -1.08. The first-order chi connectivity index (χ1) is 19.9. The summed E-state index contributed by atoms with van der Waals surface area (Å²) in [7, 11) is 0. The summed E-state index contributed by atoms with van der Waals surface area (Å²) in [4.78, 5) is 23.6. The number of carbonyl (C=O) groups excluding carboxylic acids is 2. The Kier molecular flexibility index (Phi) is 8.02. The fourth-order valence-corrected chi connectivity index (χ4v) is 9.01. The van der Waals surface area contributed by atoms with Gasteiger partial charge in [0.1, 0.15) is 6.10 Å². The van der Waals surface area contributed by atoms with Gasteiger partial charge in [0.2, 0.25) is 0 Å². The van der Waals surface area contributed by atoms with Crippen LogP contribution in [0, 0.1) is 46.3 Å². The van der Waals surface area contributed by atoms with Gasteiger partial charge in [0.25, 0.3) is 0 Å². The Morgan fingerprint density at radius 1 is 0.976 bits per heavy atom. The number of rotatable bonds is 6. The van der Waals surface area contributed by atoms with Crippen LogP contribution >= 0.6 is 0 Å². The Morgan fingerprint density at radius 2 is 1.71 bits per heavy atom. The van der Waals surface area contributed by atoms with Crippen LogP contribution in [-0.4, -0.2) is 54.4 Å². The molecule has 6 rings (SSSR count). The molecule has 1 N–H and O–H groups in total. The largest absolute Gasteiger partial charge is 0.447 e. The normalized spacial score (nSPS) is 44.7. The van der Waals surface area contributed by atoms with E-state index in [1.165, 1.54) is 31.3 Å². The molecule has 0 amide bonds. The smallest absolute Gasteiger partial charge is 0.418 e. The van der Waals surface area contributed by atoms with Crippen LogP contribution in [0.15, 0.2) is 35.5 Å². The highest BCUT2D eigenvalue weighted by atomic mass is 16.7. The van der Waals surface area contributed by atoms with Crippen molar-refractivity contribution < 1.29 is 33.6 Å². The lowest BCUT2D eigenvalue weighted by molar-refractivity contribution is -0.300. The van der Waals surface area contributed by atoms with Gasteiger partial charge in [0.15, 0.2) is 18.5 Å². The molecule has 6 aliphatic rings. The fourth-order valence-electron chi connectivity index (χ4n) is 9.01. The summed E-state index contributed by atoms with van der Waals surface area (Å²) in [6.45, 7) is 14.3. The molecular weight excluding hydrogens is 532 g/mol. The number of fused-ring (bicyclic) bond motifs is 6. The summed E-state index contributed by atoms with van der Waals surface area (Å²) in [5.41, 5.74) is 3.64. The number of hydrogen-bond acceptors (Lipinski definition) is 7. The van der Waals surface area contributed by atoms with Crippen LogP contribution in [0.25, 0.3) is 0 Å². The first kappa shape index (κ1) is 30.1. The second kappa shape index (κ2) is 11.2. The molecule has 0 aromatic carbocycles. The molecule has 2 saturated heterocycles. The van der Waals surface area contributed by atoms with E-state index in [0.717, 1.165) is 25.2 Å². The maximum atomic E-state index is 11.9. The lowest BCUT2D eigenvalue weighted by Crippen LogP contribution is -2.61. The van der Waals surface area contributed by atoms with Gasteiger partial charge < -0.3 is 24.1 Å². The van der Waals surface area contributed by atoms with Crippen molar-refractivity contribution >= 4 is 11.9 Å². The lowest BCUT2D eigenvalue weighted by atomic mass is 9.51. The summed E-state index contributed by atoms with van der Waals surface area (Å²) < 4.78 is 22.6. The Morgan fingerprint density at radius 3 is 2.45 bits per heavy atom. The monoisotopic (exact) mass is 582 g/mol. The van der Waals surface area contributed by atoms with Crippen molar-refractivity contribution in [3.63, 3.8) is 0 Å². The molecule has 0 radical (unpaired) electrons. The summed E-state index contributed by atoms with van der Waals surface area (Å²) in [6.07, 6.45) is 13.7. The van der Waals surface area contributed by atoms with Crippen molar-refractivity contribution in [1.29, 1.82) is 0 Å². The van der Waals surface area contributed by atoms with E-state index < -0.39 is 36.5 Å². The molecule has 0 aromatic heterocycles. The van der Waals surface area contributed by atoms with E-state index in [1.54, 1.807) is 5.57 Å². The second-order valence-corrected chi connectivity index (χ2v) is 15.1. The van der Waals surface area contributed by atoms with Crippen molar-refractivity contribution in [2.45, 2.75) is 117 Å². The standard InChI is InChI=1S/C35H50O7/c1-19(2)20(3)7-8-21(4)22-15-27-25-10-9-23-16-24(11-14-35(23,6)26(25)12-13-34(27,5)17-22)40-33-30-29(28(36)18-39-33)41-31(37)32(38)42-30/h7-10,19-22,24,26-30,33,36H,11-18H2,1-6H3. The third kappa shape index (κ3) is 5.21. The Hall–Kier alpha value is -1.96.